The number of nitrogens with one attached hydrogen (secondary N) is 2. The standard InChI is InChI=1S/C27H23ClF2N6O2/c1-31-27(38)17-11-21(22(37)12-17)36-14-33-24-25(32-13-16-3-2-4-18(28)9-16)34-23(35-26(24)36)8-6-15-5-7-19(29)20(30)10-15/h2-5,7,9-10,14,17,21-22,37H,11-13H2,1H3,(H,31,38)(H,32,34,35)/t17-,21+,22+/m0/s1. The molecular formula is C27H23ClF2N6O2. The van der Waals surface area contributed by atoms with Gasteiger partial charge in [0.25, 0.3) is 0 Å². The Labute approximate surface area is 222 Å². The Morgan fingerprint density at radius 1 is 1.16 bits per heavy atom. The van der Waals surface area contributed by atoms with Gasteiger partial charge in [0, 0.05) is 30.1 Å². The highest BCUT2D eigenvalue weighted by Gasteiger charge is 2.38. The number of nitrogens with zero attached hydrogens (tertiary/aromatic N) is 4. The van der Waals surface area contributed by atoms with Crippen molar-refractivity contribution in [3.8, 4) is 11.8 Å². The molecule has 3 N–H and O–H groups in total. The second kappa shape index (κ2) is 10.7. The number of aromatic nitrogens is 4. The second-order valence-corrected chi connectivity index (χ2v) is 9.44. The quantitative estimate of drug-likeness (QED) is 0.335. The fourth-order valence-corrected chi connectivity index (χ4v) is 4.80. The molecule has 0 bridgehead atoms. The molecule has 194 valence electrons. The first-order valence-electron chi connectivity index (χ1n) is 11.9. The second-order valence-electron chi connectivity index (χ2n) is 9.00. The lowest BCUT2D eigenvalue weighted by atomic mass is 10.1. The zero-order chi connectivity index (χ0) is 26.8. The fourth-order valence-electron chi connectivity index (χ4n) is 4.58. The summed E-state index contributed by atoms with van der Waals surface area (Å²) in [5, 5.41) is 17.2. The minimum absolute atomic E-state index is 0.118. The van der Waals surface area contributed by atoms with E-state index in [2.05, 4.69) is 37.4 Å². The van der Waals surface area contributed by atoms with Crippen molar-refractivity contribution in [1.82, 2.24) is 24.8 Å². The number of amides is 1. The molecule has 1 fully saturated rings. The van der Waals surface area contributed by atoms with E-state index in [4.69, 9.17) is 11.6 Å². The summed E-state index contributed by atoms with van der Waals surface area (Å²) in [4.78, 5) is 25.8. The maximum atomic E-state index is 13.6. The van der Waals surface area contributed by atoms with Gasteiger partial charge >= 0.3 is 0 Å². The Bertz CT molecular complexity index is 1580. The summed E-state index contributed by atoms with van der Waals surface area (Å²) >= 11 is 6.11. The first-order valence-corrected chi connectivity index (χ1v) is 12.3. The molecule has 38 heavy (non-hydrogen) atoms. The molecule has 0 unspecified atom stereocenters. The molecule has 1 aliphatic rings. The Balaban J connectivity index is 1.54. The number of benzene rings is 2. The lowest BCUT2D eigenvalue weighted by Crippen LogP contribution is -2.25. The van der Waals surface area contributed by atoms with Gasteiger partial charge in [0.05, 0.1) is 18.5 Å². The van der Waals surface area contributed by atoms with E-state index < -0.39 is 23.8 Å². The first kappa shape index (κ1) is 25.6. The zero-order valence-electron chi connectivity index (χ0n) is 20.3. The van der Waals surface area contributed by atoms with Gasteiger partial charge in [0.15, 0.2) is 28.6 Å². The van der Waals surface area contributed by atoms with Crippen LogP contribution >= 0.6 is 11.6 Å². The Hall–Kier alpha value is -4.07. The minimum atomic E-state index is -1.00. The third-order valence-electron chi connectivity index (χ3n) is 6.48. The highest BCUT2D eigenvalue weighted by atomic mass is 35.5. The molecule has 3 atom stereocenters. The topological polar surface area (TPSA) is 105 Å². The van der Waals surface area contributed by atoms with Gasteiger partial charge in [-0.25, -0.2) is 23.7 Å². The molecule has 1 saturated carbocycles. The number of rotatable bonds is 5. The maximum Gasteiger partial charge on any atom is 0.223 e. The number of carbonyl (C=O) groups excluding carboxylic acids is 1. The van der Waals surface area contributed by atoms with E-state index in [0.29, 0.717) is 41.4 Å². The summed E-state index contributed by atoms with van der Waals surface area (Å²) < 4.78 is 28.7. The number of imidazole rings is 1. The van der Waals surface area contributed by atoms with Crippen LogP contribution in [0.15, 0.2) is 48.8 Å². The van der Waals surface area contributed by atoms with E-state index in [9.17, 15) is 18.7 Å². The van der Waals surface area contributed by atoms with Crippen molar-refractivity contribution >= 4 is 34.5 Å². The molecule has 0 saturated heterocycles. The van der Waals surface area contributed by atoms with Crippen LogP contribution in [-0.4, -0.2) is 43.7 Å². The van der Waals surface area contributed by atoms with Crippen LogP contribution in [-0.2, 0) is 11.3 Å². The van der Waals surface area contributed by atoms with Crippen LogP contribution in [0.3, 0.4) is 0 Å². The van der Waals surface area contributed by atoms with Gasteiger partial charge in [-0.05, 0) is 54.7 Å². The third kappa shape index (κ3) is 5.30. The van der Waals surface area contributed by atoms with E-state index in [1.165, 1.54) is 6.07 Å². The number of aliphatic hydroxyl groups excluding tert-OH is 1. The van der Waals surface area contributed by atoms with Crippen LogP contribution < -0.4 is 10.6 Å². The van der Waals surface area contributed by atoms with Crippen LogP contribution in [0.1, 0.15) is 35.8 Å². The van der Waals surface area contributed by atoms with Gasteiger partial charge in [-0.3, -0.25) is 4.79 Å². The third-order valence-corrected chi connectivity index (χ3v) is 6.71. The Morgan fingerprint density at radius 3 is 2.76 bits per heavy atom. The summed E-state index contributed by atoms with van der Waals surface area (Å²) in [5.74, 6) is 3.66. The number of anilines is 1. The number of hydrogen-bond donors (Lipinski definition) is 3. The number of hydrogen-bond acceptors (Lipinski definition) is 6. The Morgan fingerprint density at radius 2 is 2.00 bits per heavy atom. The molecule has 1 amide bonds. The molecule has 0 aliphatic heterocycles. The van der Waals surface area contributed by atoms with E-state index in [-0.39, 0.29) is 23.2 Å². The van der Waals surface area contributed by atoms with Crippen molar-refractivity contribution in [3.63, 3.8) is 0 Å². The van der Waals surface area contributed by atoms with Gasteiger partial charge in [0.1, 0.15) is 0 Å². The molecule has 1 aliphatic carbocycles. The summed E-state index contributed by atoms with van der Waals surface area (Å²) in [7, 11) is 1.57. The van der Waals surface area contributed by atoms with E-state index in [1.807, 2.05) is 18.2 Å². The van der Waals surface area contributed by atoms with Crippen LogP contribution in [0.2, 0.25) is 5.02 Å². The first-order chi connectivity index (χ1) is 18.3. The average molecular weight is 537 g/mol. The molecule has 4 aromatic rings. The van der Waals surface area contributed by atoms with Gasteiger partial charge in [-0.1, -0.05) is 29.7 Å². The normalized spacial score (nSPS) is 18.7. The average Bonchev–Trinajstić information content (AvgIpc) is 3.50. The number of halogens is 3. The van der Waals surface area contributed by atoms with Gasteiger partial charge in [-0.15, -0.1) is 0 Å². The lowest BCUT2D eigenvalue weighted by molar-refractivity contribution is -0.124. The van der Waals surface area contributed by atoms with Crippen molar-refractivity contribution in [1.29, 1.82) is 0 Å². The van der Waals surface area contributed by atoms with Crippen molar-refractivity contribution in [3.05, 3.63) is 82.4 Å². The van der Waals surface area contributed by atoms with Crippen molar-refractivity contribution < 1.29 is 18.7 Å². The van der Waals surface area contributed by atoms with Gasteiger partial charge in [0.2, 0.25) is 11.7 Å². The highest BCUT2D eigenvalue weighted by molar-refractivity contribution is 6.30. The van der Waals surface area contributed by atoms with Crippen molar-refractivity contribution in [2.45, 2.75) is 31.5 Å². The molecule has 8 nitrogen and oxygen atoms in total. The summed E-state index contributed by atoms with van der Waals surface area (Å²) in [5.41, 5.74) is 2.05. The minimum Gasteiger partial charge on any atom is -0.391 e. The van der Waals surface area contributed by atoms with Gasteiger partial charge < -0.3 is 20.3 Å². The zero-order valence-corrected chi connectivity index (χ0v) is 21.0. The van der Waals surface area contributed by atoms with E-state index in [1.54, 1.807) is 24.0 Å². The smallest absolute Gasteiger partial charge is 0.223 e. The largest absolute Gasteiger partial charge is 0.391 e. The van der Waals surface area contributed by atoms with Crippen LogP contribution in [0, 0.1) is 29.4 Å². The fraction of sp³-hybridized carbons (Fsp3) is 0.259. The molecular weight excluding hydrogens is 514 g/mol. The van der Waals surface area contributed by atoms with Crippen molar-refractivity contribution in [2.75, 3.05) is 12.4 Å². The number of carbonyl (C=O) groups is 1. The molecule has 0 spiro atoms. The lowest BCUT2D eigenvalue weighted by Gasteiger charge is -2.17. The summed E-state index contributed by atoms with van der Waals surface area (Å²) in [6.07, 6.45) is 1.52. The summed E-state index contributed by atoms with van der Waals surface area (Å²) in [6, 6.07) is 10.3. The summed E-state index contributed by atoms with van der Waals surface area (Å²) in [6.45, 7) is 0.389. The van der Waals surface area contributed by atoms with Gasteiger partial charge in [-0.2, -0.15) is 0 Å². The van der Waals surface area contributed by atoms with E-state index >= 15 is 0 Å². The predicted octanol–water partition coefficient (Wildman–Crippen LogP) is 3.83. The molecule has 0 radical (unpaired) electrons. The number of fused-ring (bicyclic) bond motifs is 1. The van der Waals surface area contributed by atoms with Crippen LogP contribution in [0.5, 0.6) is 0 Å². The molecule has 11 heteroatoms. The molecule has 2 aromatic heterocycles. The van der Waals surface area contributed by atoms with Crippen LogP contribution in [0.25, 0.3) is 11.2 Å². The van der Waals surface area contributed by atoms with Crippen LogP contribution in [0.4, 0.5) is 14.6 Å². The highest BCUT2D eigenvalue weighted by Crippen LogP contribution is 2.37. The monoisotopic (exact) mass is 536 g/mol. The predicted molar refractivity (Wildman–Crippen MR) is 138 cm³/mol. The molecule has 2 heterocycles. The maximum absolute atomic E-state index is 13.6. The molecule has 2 aromatic carbocycles. The molecule has 5 rings (SSSR count). The van der Waals surface area contributed by atoms with E-state index in [0.717, 1.165) is 17.7 Å². The SMILES string of the molecule is CNC(=O)[C@@H]1C[C@@H](O)[C@H](n2cnc3c(NCc4cccc(Cl)c4)nc(C#Cc4ccc(F)c(F)c4)nc32)C1. The number of aliphatic hydroxyl groups is 1. The van der Waals surface area contributed by atoms with Crippen molar-refractivity contribution in [2.24, 2.45) is 5.92 Å². The Kier molecular flexibility index (Phi) is 7.22.